The Bertz CT molecular complexity index is 378. The molecule has 0 bridgehead atoms. The van der Waals surface area contributed by atoms with E-state index in [2.05, 4.69) is 28.9 Å². The molecule has 1 fully saturated rings. The third-order valence-electron chi connectivity index (χ3n) is 4.34. The van der Waals surface area contributed by atoms with Crippen molar-refractivity contribution >= 4 is 0 Å². The van der Waals surface area contributed by atoms with Crippen LogP contribution in [0.5, 0.6) is 0 Å². The number of nitrogens with zero attached hydrogens (tertiary/aromatic N) is 3. The Morgan fingerprint density at radius 2 is 2.05 bits per heavy atom. The van der Waals surface area contributed by atoms with Crippen molar-refractivity contribution in [3.8, 4) is 0 Å². The summed E-state index contributed by atoms with van der Waals surface area (Å²) >= 11 is 0. The average Bonchev–Trinajstić information content (AvgIpc) is 2.88. The van der Waals surface area contributed by atoms with Gasteiger partial charge in [-0.05, 0) is 44.2 Å². The van der Waals surface area contributed by atoms with Crippen LogP contribution >= 0.6 is 0 Å². The lowest BCUT2D eigenvalue weighted by Gasteiger charge is -2.39. The zero-order chi connectivity index (χ0) is 13.7. The zero-order valence-electron chi connectivity index (χ0n) is 12.1. The quantitative estimate of drug-likeness (QED) is 0.854. The molecule has 0 atom stereocenters. The fourth-order valence-electron chi connectivity index (χ4n) is 2.68. The minimum absolute atomic E-state index is 0.138. The number of hydrogen-bond donors (Lipinski definition) is 1. The Morgan fingerprint density at radius 3 is 2.63 bits per heavy atom. The Hall–Kier alpha value is -0.940. The summed E-state index contributed by atoms with van der Waals surface area (Å²) in [6.07, 6.45) is 5.08. The molecule has 1 aromatic heterocycles. The van der Waals surface area contributed by atoms with E-state index >= 15 is 0 Å². The molecule has 0 aromatic carbocycles. The average molecular weight is 267 g/mol. The van der Waals surface area contributed by atoms with Crippen molar-refractivity contribution in [1.29, 1.82) is 0 Å². The molecule has 1 aromatic rings. The summed E-state index contributed by atoms with van der Waals surface area (Å²) in [5.74, 6) is 1.53. The van der Waals surface area contributed by atoms with E-state index < -0.39 is 0 Å². The van der Waals surface area contributed by atoms with Crippen LogP contribution in [0.1, 0.15) is 51.2 Å². The van der Waals surface area contributed by atoms with E-state index in [0.717, 1.165) is 63.5 Å². The predicted octanol–water partition coefficient (Wildman–Crippen LogP) is 2.01. The van der Waals surface area contributed by atoms with E-state index in [-0.39, 0.29) is 5.41 Å². The SMILES string of the molecule is CCCc1noc(CN2CCC(CC)(CO)CC2)n1. The molecule has 0 unspecified atom stereocenters. The van der Waals surface area contributed by atoms with Gasteiger partial charge in [0.05, 0.1) is 6.54 Å². The van der Waals surface area contributed by atoms with E-state index in [4.69, 9.17) is 4.52 Å². The second kappa shape index (κ2) is 6.48. The second-order valence-electron chi connectivity index (χ2n) is 5.64. The summed E-state index contributed by atoms with van der Waals surface area (Å²) < 4.78 is 5.27. The smallest absolute Gasteiger partial charge is 0.240 e. The summed E-state index contributed by atoms with van der Waals surface area (Å²) in [6, 6.07) is 0. The molecule has 0 spiro atoms. The van der Waals surface area contributed by atoms with Crippen LogP contribution < -0.4 is 0 Å². The van der Waals surface area contributed by atoms with Gasteiger partial charge in [0.1, 0.15) is 0 Å². The normalized spacial score (nSPS) is 19.7. The highest BCUT2D eigenvalue weighted by Gasteiger charge is 2.32. The molecule has 2 rings (SSSR count). The maximum absolute atomic E-state index is 9.52. The van der Waals surface area contributed by atoms with E-state index in [1.807, 2.05) is 0 Å². The van der Waals surface area contributed by atoms with Crippen LogP contribution in [0.3, 0.4) is 0 Å². The van der Waals surface area contributed by atoms with Crippen molar-refractivity contribution in [3.05, 3.63) is 11.7 Å². The van der Waals surface area contributed by atoms with E-state index in [0.29, 0.717) is 6.61 Å². The molecule has 19 heavy (non-hydrogen) atoms. The number of aliphatic hydroxyl groups excluding tert-OH is 1. The molecule has 108 valence electrons. The van der Waals surface area contributed by atoms with Crippen LogP contribution in [0, 0.1) is 5.41 Å². The first-order valence-electron chi connectivity index (χ1n) is 7.36. The summed E-state index contributed by atoms with van der Waals surface area (Å²) in [4.78, 5) is 6.74. The van der Waals surface area contributed by atoms with E-state index in [1.54, 1.807) is 0 Å². The second-order valence-corrected chi connectivity index (χ2v) is 5.64. The summed E-state index contributed by atoms with van der Waals surface area (Å²) in [5, 5.41) is 13.5. The predicted molar refractivity (Wildman–Crippen MR) is 72.6 cm³/mol. The van der Waals surface area contributed by atoms with Gasteiger partial charge in [0, 0.05) is 13.0 Å². The Morgan fingerprint density at radius 1 is 1.32 bits per heavy atom. The van der Waals surface area contributed by atoms with Crippen LogP contribution in [0.4, 0.5) is 0 Å². The number of aliphatic hydroxyl groups is 1. The van der Waals surface area contributed by atoms with Gasteiger partial charge >= 0.3 is 0 Å². The summed E-state index contributed by atoms with van der Waals surface area (Å²) in [6.45, 7) is 7.32. The largest absolute Gasteiger partial charge is 0.396 e. The van der Waals surface area contributed by atoms with Crippen LogP contribution in [-0.2, 0) is 13.0 Å². The van der Waals surface area contributed by atoms with Gasteiger partial charge in [-0.15, -0.1) is 0 Å². The Labute approximate surface area is 115 Å². The van der Waals surface area contributed by atoms with Crippen LogP contribution in [-0.4, -0.2) is 39.8 Å². The fourth-order valence-corrected chi connectivity index (χ4v) is 2.68. The van der Waals surface area contributed by atoms with Gasteiger partial charge in [0.2, 0.25) is 5.89 Å². The fraction of sp³-hybridized carbons (Fsp3) is 0.857. The van der Waals surface area contributed by atoms with Crippen LogP contribution in [0.25, 0.3) is 0 Å². The third kappa shape index (κ3) is 3.54. The first-order chi connectivity index (χ1) is 9.21. The lowest BCUT2D eigenvalue weighted by Crippen LogP contribution is -2.41. The minimum Gasteiger partial charge on any atom is -0.396 e. The van der Waals surface area contributed by atoms with Crippen molar-refractivity contribution in [1.82, 2.24) is 15.0 Å². The van der Waals surface area contributed by atoms with Crippen molar-refractivity contribution in [2.45, 2.75) is 52.5 Å². The molecular formula is C14H25N3O2. The molecule has 5 nitrogen and oxygen atoms in total. The lowest BCUT2D eigenvalue weighted by molar-refractivity contribution is 0.0348. The van der Waals surface area contributed by atoms with Gasteiger partial charge in [-0.3, -0.25) is 4.90 Å². The number of hydrogen-bond acceptors (Lipinski definition) is 5. The molecule has 1 saturated heterocycles. The van der Waals surface area contributed by atoms with E-state index in [9.17, 15) is 5.11 Å². The molecule has 0 saturated carbocycles. The maximum atomic E-state index is 9.52. The van der Waals surface area contributed by atoms with Crippen molar-refractivity contribution in [3.63, 3.8) is 0 Å². The van der Waals surface area contributed by atoms with Gasteiger partial charge in [-0.2, -0.15) is 4.98 Å². The van der Waals surface area contributed by atoms with Gasteiger partial charge in [0.15, 0.2) is 5.82 Å². The molecule has 0 radical (unpaired) electrons. The zero-order valence-corrected chi connectivity index (χ0v) is 12.1. The van der Waals surface area contributed by atoms with Crippen molar-refractivity contribution in [2.24, 2.45) is 5.41 Å². The van der Waals surface area contributed by atoms with Gasteiger partial charge < -0.3 is 9.63 Å². The lowest BCUT2D eigenvalue weighted by atomic mass is 9.77. The van der Waals surface area contributed by atoms with Crippen LogP contribution in [0.15, 0.2) is 4.52 Å². The number of likely N-dealkylation sites (tertiary alicyclic amines) is 1. The Balaban J connectivity index is 1.84. The molecule has 1 aliphatic heterocycles. The topological polar surface area (TPSA) is 62.4 Å². The third-order valence-corrected chi connectivity index (χ3v) is 4.34. The molecule has 1 N–H and O–H groups in total. The number of piperidine rings is 1. The van der Waals surface area contributed by atoms with E-state index in [1.165, 1.54) is 0 Å². The first-order valence-corrected chi connectivity index (χ1v) is 7.36. The molecule has 0 amide bonds. The highest BCUT2D eigenvalue weighted by molar-refractivity contribution is 4.89. The number of aromatic nitrogens is 2. The molecular weight excluding hydrogens is 242 g/mol. The van der Waals surface area contributed by atoms with Gasteiger partial charge in [-0.1, -0.05) is 19.0 Å². The maximum Gasteiger partial charge on any atom is 0.240 e. The number of rotatable bonds is 6. The van der Waals surface area contributed by atoms with Crippen LogP contribution in [0.2, 0.25) is 0 Å². The van der Waals surface area contributed by atoms with Crippen molar-refractivity contribution < 1.29 is 9.63 Å². The molecule has 5 heteroatoms. The summed E-state index contributed by atoms with van der Waals surface area (Å²) in [7, 11) is 0. The highest BCUT2D eigenvalue weighted by atomic mass is 16.5. The molecule has 1 aliphatic rings. The highest BCUT2D eigenvalue weighted by Crippen LogP contribution is 2.34. The van der Waals surface area contributed by atoms with Gasteiger partial charge in [0.25, 0.3) is 0 Å². The van der Waals surface area contributed by atoms with Gasteiger partial charge in [-0.25, -0.2) is 0 Å². The monoisotopic (exact) mass is 267 g/mol. The molecule has 2 heterocycles. The minimum atomic E-state index is 0.138. The summed E-state index contributed by atoms with van der Waals surface area (Å²) in [5.41, 5.74) is 0.138. The van der Waals surface area contributed by atoms with Crippen molar-refractivity contribution in [2.75, 3.05) is 19.7 Å². The number of aryl methyl sites for hydroxylation is 1. The molecule has 0 aliphatic carbocycles. The first kappa shape index (κ1) is 14.5. The Kier molecular flexibility index (Phi) is 4.93. The standard InChI is InChI=1S/C14H25N3O2/c1-3-5-12-15-13(19-16-12)10-17-8-6-14(4-2,11-18)7-9-17/h18H,3-11H2,1-2H3.